The zero-order valence-electron chi connectivity index (χ0n) is 22.0. The highest BCUT2D eigenvalue weighted by Gasteiger charge is 2.54. The third kappa shape index (κ3) is 5.48. The minimum absolute atomic E-state index is 0.0327. The lowest BCUT2D eigenvalue weighted by atomic mass is 9.91. The highest BCUT2D eigenvalue weighted by Crippen LogP contribution is 2.40. The summed E-state index contributed by atoms with van der Waals surface area (Å²) in [7, 11) is 0. The van der Waals surface area contributed by atoms with Crippen LogP contribution in [0, 0.1) is 17.2 Å². The molecule has 0 spiro atoms. The van der Waals surface area contributed by atoms with Gasteiger partial charge in [0.15, 0.2) is 5.82 Å². The van der Waals surface area contributed by atoms with Gasteiger partial charge in [-0.25, -0.2) is 19.3 Å². The number of primary amides is 1. The second-order valence-corrected chi connectivity index (χ2v) is 10.5. The number of carbonyl (C=O) groups excluding carboxylic acids is 2. The molecule has 3 aromatic rings. The Morgan fingerprint density at radius 2 is 1.87 bits per heavy atom. The Labute approximate surface area is 224 Å². The van der Waals surface area contributed by atoms with Crippen LogP contribution in [0.3, 0.4) is 0 Å². The molecule has 39 heavy (non-hydrogen) atoms. The van der Waals surface area contributed by atoms with Gasteiger partial charge in [0, 0.05) is 17.8 Å². The van der Waals surface area contributed by atoms with Crippen LogP contribution < -0.4 is 11.1 Å². The van der Waals surface area contributed by atoms with E-state index in [4.69, 9.17) is 19.9 Å². The summed E-state index contributed by atoms with van der Waals surface area (Å²) in [6.45, 7) is 5.55. The zero-order valence-corrected chi connectivity index (χ0v) is 22.0. The maximum absolute atomic E-state index is 13.7. The average molecular weight is 539 g/mol. The molecule has 0 bridgehead atoms. The van der Waals surface area contributed by atoms with E-state index < -0.39 is 28.9 Å². The molecule has 11 nitrogen and oxygen atoms in total. The number of esters is 1. The van der Waals surface area contributed by atoms with Gasteiger partial charge in [-0.15, -0.1) is 0 Å². The van der Waals surface area contributed by atoms with Crippen LogP contribution in [0.1, 0.15) is 39.4 Å². The number of nitrogens with one attached hydrogen (secondary N) is 2. The summed E-state index contributed by atoms with van der Waals surface area (Å²) < 4.78 is 31.0. The van der Waals surface area contributed by atoms with Crippen molar-refractivity contribution in [3.8, 4) is 22.6 Å². The normalized spacial score (nSPS) is 23.0. The molecule has 206 valence electrons. The first kappa shape index (κ1) is 26.7. The van der Waals surface area contributed by atoms with E-state index in [1.54, 1.807) is 31.3 Å². The predicted molar refractivity (Wildman–Crippen MR) is 138 cm³/mol. The molecule has 2 aliphatic rings. The van der Waals surface area contributed by atoms with Gasteiger partial charge in [-0.05, 0) is 69.9 Å². The van der Waals surface area contributed by atoms with E-state index in [1.807, 2.05) is 13.8 Å². The number of anilines is 1. The number of imidazole rings is 1. The first-order chi connectivity index (χ1) is 18.6. The van der Waals surface area contributed by atoms with Crippen molar-refractivity contribution < 1.29 is 28.2 Å². The van der Waals surface area contributed by atoms with E-state index in [-0.39, 0.29) is 25.1 Å². The van der Waals surface area contributed by atoms with E-state index in [0.717, 1.165) is 12.8 Å². The summed E-state index contributed by atoms with van der Waals surface area (Å²) in [4.78, 5) is 42.1. The summed E-state index contributed by atoms with van der Waals surface area (Å²) in [5.41, 5.74) is 6.44. The lowest BCUT2D eigenvalue weighted by Crippen LogP contribution is -2.56. The monoisotopic (exact) mass is 538 g/mol. The molecule has 1 saturated heterocycles. The number of hydrogen-bond acceptors (Lipinski definition) is 9. The van der Waals surface area contributed by atoms with Crippen molar-refractivity contribution in [2.45, 2.75) is 45.4 Å². The van der Waals surface area contributed by atoms with E-state index in [1.165, 1.54) is 12.1 Å². The predicted octanol–water partition coefficient (Wildman–Crippen LogP) is 3.14. The smallest absolute Gasteiger partial charge is 0.316 e. The fourth-order valence-electron chi connectivity index (χ4n) is 4.13. The van der Waals surface area contributed by atoms with Crippen molar-refractivity contribution in [3.05, 3.63) is 48.2 Å². The number of nitrogens with zero attached hydrogens (tertiary/aromatic N) is 3. The van der Waals surface area contributed by atoms with E-state index in [9.17, 15) is 14.0 Å². The third-order valence-electron chi connectivity index (χ3n) is 6.61. The lowest BCUT2D eigenvalue weighted by molar-refractivity contribution is -0.293. The number of rotatable bonds is 9. The average Bonchev–Trinajstić information content (AvgIpc) is 3.63. The fraction of sp³-hybridized carbons (Fsp3) is 0.444. The summed E-state index contributed by atoms with van der Waals surface area (Å²) >= 11 is 0. The summed E-state index contributed by atoms with van der Waals surface area (Å²) in [6.07, 6.45) is 3.67. The summed E-state index contributed by atoms with van der Waals surface area (Å²) in [6, 6.07) is 7.47. The number of halogens is 1. The van der Waals surface area contributed by atoms with Crippen molar-refractivity contribution >= 4 is 17.8 Å². The van der Waals surface area contributed by atoms with Gasteiger partial charge in [0.2, 0.25) is 5.95 Å². The van der Waals surface area contributed by atoms with Gasteiger partial charge in [0.25, 0.3) is 5.91 Å². The number of ether oxygens (including phenoxy) is 3. The molecule has 3 heterocycles. The molecule has 2 fully saturated rings. The fourth-order valence-corrected chi connectivity index (χ4v) is 4.13. The van der Waals surface area contributed by atoms with Gasteiger partial charge >= 0.3 is 11.8 Å². The number of carbonyl (C=O) groups is 2. The van der Waals surface area contributed by atoms with Gasteiger partial charge in [-0.2, -0.15) is 0 Å². The van der Waals surface area contributed by atoms with Gasteiger partial charge < -0.3 is 30.2 Å². The molecule has 0 radical (unpaired) electrons. The van der Waals surface area contributed by atoms with Crippen LogP contribution in [0.2, 0.25) is 0 Å². The molecule has 0 atom stereocenters. The summed E-state index contributed by atoms with van der Waals surface area (Å²) in [5, 5.41) is 3.14. The number of amides is 1. The van der Waals surface area contributed by atoms with Crippen LogP contribution in [0.4, 0.5) is 10.3 Å². The minimum atomic E-state index is -2.10. The van der Waals surface area contributed by atoms with E-state index in [0.29, 0.717) is 41.1 Å². The number of hydrogen-bond donors (Lipinski definition) is 3. The Balaban J connectivity index is 1.51. The zero-order chi connectivity index (χ0) is 27.8. The van der Waals surface area contributed by atoms with Crippen LogP contribution in [0.25, 0.3) is 22.6 Å². The molecule has 1 saturated carbocycles. The lowest BCUT2D eigenvalue weighted by Gasteiger charge is -2.40. The number of H-pyrrole nitrogens is 1. The van der Waals surface area contributed by atoms with Crippen molar-refractivity contribution in [1.82, 2.24) is 19.9 Å². The van der Waals surface area contributed by atoms with Crippen LogP contribution in [-0.2, 0) is 29.6 Å². The number of aromatic amines is 1. The molecule has 1 aromatic carbocycles. The molecule has 1 aliphatic heterocycles. The van der Waals surface area contributed by atoms with Crippen molar-refractivity contribution in [1.29, 1.82) is 0 Å². The van der Waals surface area contributed by atoms with E-state index >= 15 is 0 Å². The van der Waals surface area contributed by atoms with Gasteiger partial charge in [-0.1, -0.05) is 0 Å². The Bertz CT molecular complexity index is 1360. The number of benzene rings is 1. The molecular weight excluding hydrogens is 507 g/mol. The first-order valence-corrected chi connectivity index (χ1v) is 12.8. The Morgan fingerprint density at radius 1 is 1.18 bits per heavy atom. The Hall–Kier alpha value is -3.90. The van der Waals surface area contributed by atoms with Gasteiger partial charge in [-0.3, -0.25) is 9.59 Å². The van der Waals surface area contributed by atoms with Crippen LogP contribution in [-0.4, -0.2) is 57.7 Å². The number of nitrogens with two attached hydrogens (primary N) is 1. The molecule has 12 heteroatoms. The molecular formula is C27H31FN6O5. The highest BCUT2D eigenvalue weighted by atomic mass is 19.1. The second kappa shape index (κ2) is 10.3. The molecule has 2 aromatic heterocycles. The van der Waals surface area contributed by atoms with Crippen LogP contribution in [0.15, 0.2) is 36.5 Å². The molecule has 4 N–H and O–H groups in total. The third-order valence-corrected chi connectivity index (χ3v) is 6.61. The SMILES string of the molecule is CC(C)Nc1nccc(-c2[nH]c(C3(C(N)=O)OCC(C)(C(=O)OCC4CC4)CO3)nc2-c2ccc(F)cc2)n1. The maximum Gasteiger partial charge on any atom is 0.316 e. The molecule has 1 aliphatic carbocycles. The first-order valence-electron chi connectivity index (χ1n) is 12.8. The maximum atomic E-state index is 13.7. The topological polar surface area (TPSA) is 154 Å². The quantitative estimate of drug-likeness (QED) is 0.349. The Morgan fingerprint density at radius 3 is 2.49 bits per heavy atom. The highest BCUT2D eigenvalue weighted by molar-refractivity contribution is 5.85. The number of aromatic nitrogens is 4. The van der Waals surface area contributed by atoms with E-state index in [2.05, 4.69) is 25.3 Å². The minimum Gasteiger partial charge on any atom is -0.465 e. The van der Waals surface area contributed by atoms with Crippen molar-refractivity contribution in [2.24, 2.45) is 17.1 Å². The largest absolute Gasteiger partial charge is 0.465 e. The molecule has 1 amide bonds. The van der Waals surface area contributed by atoms with Crippen molar-refractivity contribution in [2.75, 3.05) is 25.1 Å². The molecule has 5 rings (SSSR count). The second-order valence-electron chi connectivity index (χ2n) is 10.5. The van der Waals surface area contributed by atoms with Gasteiger partial charge in [0.05, 0.1) is 36.9 Å². The standard InChI is InChI=1S/C27H31FN6O5/c1-15(2)31-25-30-11-10-19(32-25)21-20(17-6-8-18(28)9-7-17)33-23(34-21)27(22(29)35)38-13-26(3,14-39-27)24(36)37-12-16-4-5-16/h6-11,15-16H,4-5,12-14H2,1-3H3,(H2,29,35)(H,33,34)(H,30,31,32). The van der Waals surface area contributed by atoms with Crippen molar-refractivity contribution in [3.63, 3.8) is 0 Å². The Kier molecular flexibility index (Phi) is 7.08. The van der Waals surface area contributed by atoms with Gasteiger partial charge in [0.1, 0.15) is 11.2 Å². The molecule has 0 unspecified atom stereocenters. The van der Waals surface area contributed by atoms with Crippen LogP contribution in [0.5, 0.6) is 0 Å². The van der Waals surface area contributed by atoms with Crippen LogP contribution >= 0.6 is 0 Å². The summed E-state index contributed by atoms with van der Waals surface area (Å²) in [5.74, 6) is -3.18.